The average molecular weight is 478 g/mol. The molecule has 3 N–H and O–H groups in total. The van der Waals surface area contributed by atoms with Crippen molar-refractivity contribution in [2.75, 3.05) is 25.1 Å². The average Bonchev–Trinajstić information content (AvgIpc) is 2.84. The zero-order valence-corrected chi connectivity index (χ0v) is 20.0. The number of pyridine rings is 1. The third kappa shape index (κ3) is 5.31. The predicted octanol–water partition coefficient (Wildman–Crippen LogP) is 3.87. The van der Waals surface area contributed by atoms with E-state index < -0.39 is 29.4 Å². The van der Waals surface area contributed by atoms with E-state index in [1.165, 1.54) is 13.2 Å². The van der Waals surface area contributed by atoms with E-state index >= 15 is 0 Å². The molecule has 0 aliphatic carbocycles. The summed E-state index contributed by atoms with van der Waals surface area (Å²) in [7, 11) is 1.28. The molecule has 3 unspecified atom stereocenters. The Morgan fingerprint density at radius 3 is 2.62 bits per heavy atom. The Hall–Kier alpha value is -2.78. The van der Waals surface area contributed by atoms with E-state index in [0.29, 0.717) is 48.4 Å². The van der Waals surface area contributed by atoms with Crippen molar-refractivity contribution in [2.45, 2.75) is 51.9 Å². The van der Waals surface area contributed by atoms with Crippen molar-refractivity contribution in [2.24, 2.45) is 11.8 Å². The van der Waals surface area contributed by atoms with E-state index in [1.807, 2.05) is 25.7 Å². The van der Waals surface area contributed by atoms with Crippen molar-refractivity contribution in [3.8, 4) is 11.3 Å². The number of aliphatic hydroxyl groups is 2. The van der Waals surface area contributed by atoms with Gasteiger partial charge in [-0.3, -0.25) is 4.98 Å². The van der Waals surface area contributed by atoms with Gasteiger partial charge in [-0.15, -0.1) is 0 Å². The van der Waals surface area contributed by atoms with Gasteiger partial charge in [0.15, 0.2) is 11.6 Å². The van der Waals surface area contributed by atoms with Crippen molar-refractivity contribution in [3.63, 3.8) is 0 Å². The number of aliphatic hydroxyl groups excluding tert-OH is 2. The number of benzene rings is 1. The van der Waals surface area contributed by atoms with E-state index in [-0.39, 0.29) is 18.4 Å². The van der Waals surface area contributed by atoms with Crippen LogP contribution < -0.4 is 10.2 Å². The first-order chi connectivity index (χ1) is 16.1. The van der Waals surface area contributed by atoms with Gasteiger partial charge in [0.1, 0.15) is 0 Å². The number of nitrogens with one attached hydrogen (secondary N) is 1. The highest BCUT2D eigenvalue weighted by atomic mass is 19.2. The third-order valence-electron chi connectivity index (χ3n) is 6.87. The lowest BCUT2D eigenvalue weighted by atomic mass is 9.75. The molecule has 1 aromatic carbocycles. The fraction of sp³-hybridized carbons (Fsp3) is 0.520. The summed E-state index contributed by atoms with van der Waals surface area (Å²) < 4.78 is 31.9. The van der Waals surface area contributed by atoms with Gasteiger partial charge in [-0.05, 0) is 48.9 Å². The molecule has 2 aromatic rings. The first-order valence-electron chi connectivity index (χ1n) is 11.5. The Labute approximate surface area is 198 Å². The van der Waals surface area contributed by atoms with Gasteiger partial charge in [0.2, 0.25) is 0 Å². The monoisotopic (exact) mass is 477 g/mol. The van der Waals surface area contributed by atoms with Crippen LogP contribution in [0.25, 0.3) is 11.3 Å². The maximum absolute atomic E-state index is 13.7. The molecule has 1 aliphatic heterocycles. The second-order valence-corrected chi connectivity index (χ2v) is 9.33. The van der Waals surface area contributed by atoms with Gasteiger partial charge in [0.25, 0.3) is 0 Å². The molecular weight excluding hydrogens is 444 g/mol. The molecule has 7 nitrogen and oxygen atoms in total. The first kappa shape index (κ1) is 25.8. The number of aromatic nitrogens is 1. The van der Waals surface area contributed by atoms with E-state index in [9.17, 15) is 23.8 Å². The number of methoxy groups -OCH3 is 1. The first-order valence-corrected chi connectivity index (χ1v) is 11.5. The van der Waals surface area contributed by atoms with Crippen LogP contribution in [0, 0.1) is 23.5 Å². The molecule has 186 valence electrons. The van der Waals surface area contributed by atoms with E-state index in [1.54, 1.807) is 12.3 Å². The largest absolute Gasteiger partial charge is 0.453 e. The van der Waals surface area contributed by atoms with Crippen molar-refractivity contribution in [1.29, 1.82) is 0 Å². The molecule has 0 radical (unpaired) electrons. The van der Waals surface area contributed by atoms with E-state index in [4.69, 9.17) is 4.74 Å². The number of nitrogens with zero attached hydrogens (tertiary/aromatic N) is 2. The molecule has 2 heterocycles. The van der Waals surface area contributed by atoms with Crippen LogP contribution in [0.5, 0.6) is 0 Å². The number of piperidine rings is 1. The zero-order chi connectivity index (χ0) is 25.0. The maximum Gasteiger partial charge on any atom is 0.407 e. The SMILES string of the molecule is COC(=O)NC1(C(O)C(C)C(C)C)CCCN(c2cnc(-c3ccc(F)c(F)c3)cc2CO)C1. The molecule has 1 fully saturated rings. The number of hydrogen-bond donors (Lipinski definition) is 3. The molecule has 1 saturated heterocycles. The van der Waals surface area contributed by atoms with E-state index in [2.05, 4.69) is 10.3 Å². The molecule has 3 rings (SSSR count). The smallest absolute Gasteiger partial charge is 0.407 e. The van der Waals surface area contributed by atoms with Gasteiger partial charge in [-0.1, -0.05) is 20.8 Å². The zero-order valence-electron chi connectivity index (χ0n) is 20.0. The number of alkyl carbamates (subject to hydrolysis) is 1. The maximum atomic E-state index is 13.7. The summed E-state index contributed by atoms with van der Waals surface area (Å²) >= 11 is 0. The van der Waals surface area contributed by atoms with Crippen molar-refractivity contribution in [1.82, 2.24) is 10.3 Å². The van der Waals surface area contributed by atoms with Gasteiger partial charge in [-0.25, -0.2) is 13.6 Å². The molecule has 1 amide bonds. The summed E-state index contributed by atoms with van der Waals surface area (Å²) in [5.41, 5.74) is 1.03. The molecule has 1 aromatic heterocycles. The Bertz CT molecular complexity index is 1020. The summed E-state index contributed by atoms with van der Waals surface area (Å²) in [6, 6.07) is 5.17. The topological polar surface area (TPSA) is 94.9 Å². The second kappa shape index (κ2) is 10.7. The summed E-state index contributed by atoms with van der Waals surface area (Å²) in [4.78, 5) is 18.6. The van der Waals surface area contributed by atoms with Gasteiger partial charge in [0.05, 0.1) is 42.9 Å². The minimum absolute atomic E-state index is 0.0942. The Balaban J connectivity index is 1.96. The Kier molecular flexibility index (Phi) is 8.09. The number of hydrogen-bond acceptors (Lipinski definition) is 6. The van der Waals surface area contributed by atoms with Crippen LogP contribution in [0.1, 0.15) is 39.2 Å². The minimum Gasteiger partial charge on any atom is -0.453 e. The van der Waals surface area contributed by atoms with Crippen molar-refractivity contribution < 1.29 is 28.5 Å². The molecule has 9 heteroatoms. The number of carbonyl (C=O) groups is 1. The molecule has 0 bridgehead atoms. The van der Waals surface area contributed by atoms with Gasteiger partial charge < -0.3 is 25.2 Å². The van der Waals surface area contributed by atoms with Crippen LogP contribution >= 0.6 is 0 Å². The standard InChI is InChI=1S/C25H33F2N3O4/c1-15(2)16(3)23(32)25(29-24(33)34-4)8-5-9-30(14-25)22-12-28-21(11-18(22)13-31)17-6-7-19(26)20(27)10-17/h6-7,10-12,15-16,23,31-32H,5,8-9,13-14H2,1-4H3,(H,29,33). The molecular formula is C25H33F2N3O4. The van der Waals surface area contributed by atoms with Gasteiger partial charge >= 0.3 is 6.09 Å². The molecule has 34 heavy (non-hydrogen) atoms. The minimum atomic E-state index is -0.975. The number of halogens is 2. The van der Waals surface area contributed by atoms with E-state index in [0.717, 1.165) is 12.1 Å². The van der Waals surface area contributed by atoms with Crippen LogP contribution in [0.3, 0.4) is 0 Å². The Morgan fingerprint density at radius 1 is 1.26 bits per heavy atom. The Morgan fingerprint density at radius 2 is 2.00 bits per heavy atom. The van der Waals surface area contributed by atoms with Crippen molar-refractivity contribution in [3.05, 3.63) is 47.7 Å². The van der Waals surface area contributed by atoms with Crippen LogP contribution in [-0.2, 0) is 11.3 Å². The number of ether oxygens (including phenoxy) is 1. The van der Waals surface area contributed by atoms with Crippen LogP contribution in [0.15, 0.2) is 30.5 Å². The number of carbonyl (C=O) groups excluding carboxylic acids is 1. The van der Waals surface area contributed by atoms with Crippen LogP contribution in [0.2, 0.25) is 0 Å². The highest BCUT2D eigenvalue weighted by Gasteiger charge is 2.46. The molecule has 0 saturated carbocycles. The quantitative estimate of drug-likeness (QED) is 0.561. The summed E-state index contributed by atoms with van der Waals surface area (Å²) in [6.07, 6.45) is 1.37. The summed E-state index contributed by atoms with van der Waals surface area (Å²) in [6.45, 7) is 6.61. The third-order valence-corrected chi connectivity index (χ3v) is 6.87. The van der Waals surface area contributed by atoms with Crippen LogP contribution in [-0.4, -0.2) is 53.1 Å². The second-order valence-electron chi connectivity index (χ2n) is 9.33. The van der Waals surface area contributed by atoms with Gasteiger partial charge in [0, 0.05) is 24.2 Å². The normalized spacial score (nSPS) is 20.2. The molecule has 1 aliphatic rings. The number of rotatable bonds is 7. The highest BCUT2D eigenvalue weighted by molar-refractivity contribution is 5.69. The van der Waals surface area contributed by atoms with Crippen molar-refractivity contribution >= 4 is 11.8 Å². The lowest BCUT2D eigenvalue weighted by molar-refractivity contribution is -0.00459. The highest BCUT2D eigenvalue weighted by Crippen LogP contribution is 2.35. The number of anilines is 1. The summed E-state index contributed by atoms with van der Waals surface area (Å²) in [5, 5.41) is 24.3. The molecule has 0 spiro atoms. The lowest BCUT2D eigenvalue weighted by Crippen LogP contribution is -2.66. The van der Waals surface area contributed by atoms with Gasteiger partial charge in [-0.2, -0.15) is 0 Å². The lowest BCUT2D eigenvalue weighted by Gasteiger charge is -2.48. The molecule has 3 atom stereocenters. The predicted molar refractivity (Wildman–Crippen MR) is 125 cm³/mol. The fourth-order valence-electron chi connectivity index (χ4n) is 4.54. The van der Waals surface area contributed by atoms with Crippen LogP contribution in [0.4, 0.5) is 19.3 Å². The number of amides is 1. The summed E-state index contributed by atoms with van der Waals surface area (Å²) in [5.74, 6) is -1.83. The fourth-order valence-corrected chi connectivity index (χ4v) is 4.54.